The van der Waals surface area contributed by atoms with Gasteiger partial charge in [-0.3, -0.25) is 5.10 Å². The van der Waals surface area contributed by atoms with Crippen LogP contribution in [-0.4, -0.2) is 33.3 Å². The second-order valence-electron chi connectivity index (χ2n) is 7.98. The summed E-state index contributed by atoms with van der Waals surface area (Å²) in [5.41, 5.74) is 6.96. The van der Waals surface area contributed by atoms with Gasteiger partial charge in [0.25, 0.3) is 0 Å². The first-order chi connectivity index (χ1) is 14.0. The minimum Gasteiger partial charge on any atom is -0.324 e. The van der Waals surface area contributed by atoms with Crippen molar-refractivity contribution >= 4 is 23.3 Å². The Kier molecular flexibility index (Phi) is 5.49. The average molecular weight is 392 g/mol. The normalized spacial score (nSPS) is 16.6. The number of benzene rings is 1. The van der Waals surface area contributed by atoms with Crippen molar-refractivity contribution in [2.75, 3.05) is 23.7 Å². The topological polar surface area (TPSA) is 90.6 Å². The number of H-pyrrole nitrogens is 1. The Morgan fingerprint density at radius 1 is 1.00 bits per heavy atom. The lowest BCUT2D eigenvalue weighted by molar-refractivity contribution is 0.460. The van der Waals surface area contributed by atoms with E-state index in [4.69, 9.17) is 0 Å². The summed E-state index contributed by atoms with van der Waals surface area (Å²) in [5.74, 6) is 2.65. The molecule has 3 aromatic rings. The zero-order valence-corrected chi connectivity index (χ0v) is 17.6. The lowest BCUT2D eigenvalue weighted by atomic mass is 9.87. The van der Waals surface area contributed by atoms with E-state index in [2.05, 4.69) is 62.1 Å². The third-order valence-corrected chi connectivity index (χ3v) is 5.52. The van der Waals surface area contributed by atoms with Gasteiger partial charge in [0.1, 0.15) is 5.82 Å². The summed E-state index contributed by atoms with van der Waals surface area (Å²) in [7, 11) is 0. The summed E-state index contributed by atoms with van der Waals surface area (Å²) in [5, 5.41) is 17.3. The molecule has 7 nitrogen and oxygen atoms in total. The van der Waals surface area contributed by atoms with Crippen LogP contribution in [0.15, 0.2) is 24.4 Å². The summed E-state index contributed by atoms with van der Waals surface area (Å²) in [4.78, 5) is 9.12. The van der Waals surface area contributed by atoms with Gasteiger partial charge in [-0.25, -0.2) is 4.98 Å². The molecule has 0 spiro atoms. The van der Waals surface area contributed by atoms with Crippen LogP contribution in [0.2, 0.25) is 0 Å². The molecular formula is C22H29N7. The van der Waals surface area contributed by atoms with E-state index in [1.165, 1.54) is 29.5 Å². The first-order valence-corrected chi connectivity index (χ1v) is 10.2. The van der Waals surface area contributed by atoms with E-state index in [1.807, 2.05) is 26.1 Å². The molecule has 1 aliphatic heterocycles. The van der Waals surface area contributed by atoms with E-state index in [-0.39, 0.29) is 0 Å². The number of anilines is 4. The number of nitrogens with one attached hydrogen (secondary N) is 4. The zero-order valence-electron chi connectivity index (χ0n) is 17.6. The fourth-order valence-corrected chi connectivity index (χ4v) is 3.88. The fourth-order valence-electron chi connectivity index (χ4n) is 3.88. The Balaban J connectivity index is 1.55. The highest BCUT2D eigenvalue weighted by molar-refractivity contribution is 5.64. The fraction of sp³-hybridized carbons (Fsp3) is 0.409. The van der Waals surface area contributed by atoms with Gasteiger partial charge in [0, 0.05) is 35.8 Å². The molecule has 1 atom stereocenters. The first kappa shape index (κ1) is 19.4. The summed E-state index contributed by atoms with van der Waals surface area (Å²) in [6.45, 7) is 10.5. The number of aryl methyl sites for hydroxylation is 4. The van der Waals surface area contributed by atoms with Crippen LogP contribution in [0.1, 0.15) is 46.7 Å². The molecule has 2 aromatic heterocycles. The molecule has 4 rings (SSSR count). The molecule has 152 valence electrons. The molecule has 1 fully saturated rings. The van der Waals surface area contributed by atoms with Crippen molar-refractivity contribution in [2.24, 2.45) is 0 Å². The summed E-state index contributed by atoms with van der Waals surface area (Å²) in [6.07, 6.45) is 4.32. The molecule has 0 aliphatic carbocycles. The van der Waals surface area contributed by atoms with Gasteiger partial charge in [-0.15, -0.1) is 0 Å². The number of nitrogens with zero attached hydrogens (tertiary/aromatic N) is 3. The molecule has 29 heavy (non-hydrogen) atoms. The van der Waals surface area contributed by atoms with E-state index in [0.717, 1.165) is 41.7 Å². The molecule has 0 amide bonds. The largest absolute Gasteiger partial charge is 0.324 e. The highest BCUT2D eigenvalue weighted by atomic mass is 15.2. The van der Waals surface area contributed by atoms with Crippen LogP contribution in [0.5, 0.6) is 0 Å². The van der Waals surface area contributed by atoms with E-state index in [9.17, 15) is 0 Å². The van der Waals surface area contributed by atoms with Crippen molar-refractivity contribution < 1.29 is 0 Å². The van der Waals surface area contributed by atoms with Gasteiger partial charge in [0.05, 0.1) is 0 Å². The third-order valence-electron chi connectivity index (χ3n) is 5.52. The van der Waals surface area contributed by atoms with Gasteiger partial charge >= 0.3 is 0 Å². The van der Waals surface area contributed by atoms with Crippen molar-refractivity contribution in [2.45, 2.75) is 46.5 Å². The van der Waals surface area contributed by atoms with Crippen molar-refractivity contribution in [1.29, 1.82) is 0 Å². The Bertz CT molecular complexity index is 1000. The average Bonchev–Trinajstić information content (AvgIpc) is 3.12. The lowest BCUT2D eigenvalue weighted by Crippen LogP contribution is -2.28. The van der Waals surface area contributed by atoms with E-state index in [1.54, 1.807) is 0 Å². The van der Waals surface area contributed by atoms with Crippen LogP contribution in [0.4, 0.5) is 23.3 Å². The molecule has 4 N–H and O–H groups in total. The van der Waals surface area contributed by atoms with Gasteiger partial charge in [-0.1, -0.05) is 6.07 Å². The van der Waals surface area contributed by atoms with Gasteiger partial charge < -0.3 is 16.0 Å². The monoisotopic (exact) mass is 391 g/mol. The van der Waals surface area contributed by atoms with Crippen LogP contribution in [0.3, 0.4) is 0 Å². The number of aromatic amines is 1. The highest BCUT2D eigenvalue weighted by Gasteiger charge is 2.18. The summed E-state index contributed by atoms with van der Waals surface area (Å²) < 4.78 is 0. The molecule has 0 saturated carbocycles. The van der Waals surface area contributed by atoms with Crippen LogP contribution in [0.25, 0.3) is 0 Å². The lowest BCUT2D eigenvalue weighted by Gasteiger charge is -2.25. The van der Waals surface area contributed by atoms with E-state index >= 15 is 0 Å². The van der Waals surface area contributed by atoms with Gasteiger partial charge in [0.2, 0.25) is 5.95 Å². The number of piperidine rings is 1. The standard InChI is InChI=1S/C22H29N7/c1-13-9-19(14(2)8-18(13)17-6-5-7-23-12-17)25-22-24-11-15(3)21(27-22)26-20-10-16(4)28-29-20/h8-11,17,23H,5-7,12H2,1-4H3,(H3,24,25,26,27,28,29). The smallest absolute Gasteiger partial charge is 0.229 e. The molecule has 7 heteroatoms. The minimum absolute atomic E-state index is 0.569. The molecule has 1 aliphatic rings. The molecule has 3 heterocycles. The highest BCUT2D eigenvalue weighted by Crippen LogP contribution is 2.31. The quantitative estimate of drug-likeness (QED) is 0.516. The maximum Gasteiger partial charge on any atom is 0.229 e. The SMILES string of the molecule is Cc1cc(Nc2nc(Nc3cc(C)c(C4CCCNC4)cc3C)ncc2C)n[nH]1. The predicted molar refractivity (Wildman–Crippen MR) is 117 cm³/mol. The Morgan fingerprint density at radius 3 is 2.59 bits per heavy atom. The van der Waals surface area contributed by atoms with Crippen molar-refractivity contribution in [3.05, 3.63) is 52.3 Å². The van der Waals surface area contributed by atoms with Crippen molar-refractivity contribution in [3.63, 3.8) is 0 Å². The number of aromatic nitrogens is 4. The van der Waals surface area contributed by atoms with Crippen LogP contribution in [-0.2, 0) is 0 Å². The van der Waals surface area contributed by atoms with Crippen LogP contribution >= 0.6 is 0 Å². The Hall–Kier alpha value is -2.93. The second kappa shape index (κ2) is 8.21. The Morgan fingerprint density at radius 2 is 1.86 bits per heavy atom. The maximum absolute atomic E-state index is 4.66. The molecular weight excluding hydrogens is 362 g/mol. The molecule has 1 aromatic carbocycles. The predicted octanol–water partition coefficient (Wildman–Crippen LogP) is 4.39. The van der Waals surface area contributed by atoms with Gasteiger partial charge in [-0.2, -0.15) is 10.1 Å². The minimum atomic E-state index is 0.569. The third kappa shape index (κ3) is 4.40. The van der Waals surface area contributed by atoms with E-state index in [0.29, 0.717) is 11.9 Å². The summed E-state index contributed by atoms with van der Waals surface area (Å²) >= 11 is 0. The second-order valence-corrected chi connectivity index (χ2v) is 7.98. The molecule has 0 bridgehead atoms. The zero-order chi connectivity index (χ0) is 20.4. The Labute approximate surface area is 171 Å². The van der Waals surface area contributed by atoms with E-state index < -0.39 is 0 Å². The van der Waals surface area contributed by atoms with Crippen molar-refractivity contribution in [3.8, 4) is 0 Å². The molecule has 1 unspecified atom stereocenters. The van der Waals surface area contributed by atoms with Crippen LogP contribution < -0.4 is 16.0 Å². The van der Waals surface area contributed by atoms with Gasteiger partial charge in [0.15, 0.2) is 5.82 Å². The number of rotatable bonds is 5. The molecule has 0 radical (unpaired) electrons. The first-order valence-electron chi connectivity index (χ1n) is 10.2. The maximum atomic E-state index is 4.66. The van der Waals surface area contributed by atoms with Crippen LogP contribution in [0, 0.1) is 27.7 Å². The molecule has 1 saturated heterocycles. The summed E-state index contributed by atoms with van der Waals surface area (Å²) in [6, 6.07) is 6.48. The number of hydrogen-bond donors (Lipinski definition) is 4. The number of hydrogen-bond acceptors (Lipinski definition) is 6. The van der Waals surface area contributed by atoms with Gasteiger partial charge in [-0.05, 0) is 75.8 Å². The van der Waals surface area contributed by atoms with Crippen molar-refractivity contribution in [1.82, 2.24) is 25.5 Å².